The predicted octanol–water partition coefficient (Wildman–Crippen LogP) is 0.727. The first-order chi connectivity index (χ1) is 8.96. The third-order valence-electron chi connectivity index (χ3n) is 2.66. The fourth-order valence-corrected chi connectivity index (χ4v) is 2.38. The normalized spacial score (nSPS) is 11.6. The molecule has 1 amide bonds. The summed E-state index contributed by atoms with van der Waals surface area (Å²) >= 11 is 0. The molecular formula is C12H15N3O3S. The van der Waals surface area contributed by atoms with Crippen molar-refractivity contribution in [3.05, 3.63) is 30.1 Å². The molecule has 0 unspecified atom stereocenters. The fourth-order valence-electron chi connectivity index (χ4n) is 1.72. The van der Waals surface area contributed by atoms with Crippen LogP contribution in [-0.2, 0) is 9.84 Å². The van der Waals surface area contributed by atoms with Gasteiger partial charge in [-0.2, -0.15) is 0 Å². The van der Waals surface area contributed by atoms with Gasteiger partial charge < -0.3 is 10.3 Å². The molecular weight excluding hydrogens is 266 g/mol. The molecule has 19 heavy (non-hydrogen) atoms. The first-order valence-electron chi connectivity index (χ1n) is 5.85. The lowest BCUT2D eigenvalue weighted by Gasteiger charge is -2.04. The number of carbonyl (C=O) groups is 1. The van der Waals surface area contributed by atoms with Crippen LogP contribution in [0.1, 0.15) is 16.8 Å². The number of nitrogens with one attached hydrogen (secondary N) is 2. The van der Waals surface area contributed by atoms with Crippen LogP contribution < -0.4 is 5.32 Å². The van der Waals surface area contributed by atoms with E-state index in [0.717, 1.165) is 11.0 Å². The first kappa shape index (κ1) is 13.5. The molecule has 102 valence electrons. The van der Waals surface area contributed by atoms with E-state index in [-0.39, 0.29) is 11.7 Å². The van der Waals surface area contributed by atoms with Gasteiger partial charge in [0.25, 0.3) is 5.91 Å². The molecule has 2 rings (SSSR count). The SMILES string of the molecule is CS(=O)(=O)CCCNC(=O)c1ccc2nc[nH]c2c1. The Kier molecular flexibility index (Phi) is 3.84. The number of benzene rings is 1. The topological polar surface area (TPSA) is 91.9 Å². The number of carbonyl (C=O) groups excluding carboxylic acids is 1. The number of aromatic amines is 1. The van der Waals surface area contributed by atoms with Gasteiger partial charge in [0.05, 0.1) is 23.1 Å². The van der Waals surface area contributed by atoms with Crippen molar-refractivity contribution >= 4 is 26.8 Å². The van der Waals surface area contributed by atoms with Crippen molar-refractivity contribution in [2.45, 2.75) is 6.42 Å². The molecule has 0 bridgehead atoms. The Labute approximate surface area is 111 Å². The summed E-state index contributed by atoms with van der Waals surface area (Å²) in [5.41, 5.74) is 2.12. The van der Waals surface area contributed by atoms with Gasteiger partial charge in [0.15, 0.2) is 0 Å². The zero-order chi connectivity index (χ0) is 13.9. The maximum atomic E-state index is 11.8. The number of nitrogens with zero attached hydrogens (tertiary/aromatic N) is 1. The van der Waals surface area contributed by atoms with Crippen LogP contribution in [0.5, 0.6) is 0 Å². The number of imidazole rings is 1. The van der Waals surface area contributed by atoms with Crippen LogP contribution in [0.25, 0.3) is 11.0 Å². The van der Waals surface area contributed by atoms with Crippen molar-refractivity contribution < 1.29 is 13.2 Å². The lowest BCUT2D eigenvalue weighted by molar-refractivity contribution is 0.0954. The lowest BCUT2D eigenvalue weighted by atomic mass is 10.2. The molecule has 7 heteroatoms. The highest BCUT2D eigenvalue weighted by atomic mass is 32.2. The monoisotopic (exact) mass is 281 g/mol. The summed E-state index contributed by atoms with van der Waals surface area (Å²) in [5, 5.41) is 2.69. The van der Waals surface area contributed by atoms with Gasteiger partial charge in [0.1, 0.15) is 9.84 Å². The number of fused-ring (bicyclic) bond motifs is 1. The van der Waals surface area contributed by atoms with Gasteiger partial charge in [-0.1, -0.05) is 0 Å². The van der Waals surface area contributed by atoms with Crippen LogP contribution in [0.2, 0.25) is 0 Å². The summed E-state index contributed by atoms with van der Waals surface area (Å²) in [6.45, 7) is 0.340. The summed E-state index contributed by atoms with van der Waals surface area (Å²) in [6.07, 6.45) is 3.16. The fraction of sp³-hybridized carbons (Fsp3) is 0.333. The zero-order valence-corrected chi connectivity index (χ0v) is 11.3. The Hall–Kier alpha value is -1.89. The maximum absolute atomic E-state index is 11.8. The standard InChI is InChI=1S/C12H15N3O3S/c1-19(17,18)6-2-5-13-12(16)9-3-4-10-11(7-9)15-8-14-10/h3-4,7-8H,2,5-6H2,1H3,(H,13,16)(H,14,15). The molecule has 1 aromatic heterocycles. The van der Waals surface area contributed by atoms with E-state index < -0.39 is 9.84 Å². The molecule has 0 atom stereocenters. The number of aromatic nitrogens is 2. The number of H-pyrrole nitrogens is 1. The third-order valence-corrected chi connectivity index (χ3v) is 3.69. The summed E-state index contributed by atoms with van der Waals surface area (Å²) in [4.78, 5) is 18.8. The predicted molar refractivity (Wildman–Crippen MR) is 72.8 cm³/mol. The molecule has 0 fully saturated rings. The molecule has 2 aromatic rings. The van der Waals surface area contributed by atoms with E-state index in [1.807, 2.05) is 0 Å². The van der Waals surface area contributed by atoms with Gasteiger partial charge in [-0.15, -0.1) is 0 Å². The Morgan fingerprint density at radius 2 is 2.21 bits per heavy atom. The number of hydrogen-bond acceptors (Lipinski definition) is 4. The number of rotatable bonds is 5. The minimum absolute atomic E-state index is 0.0763. The van der Waals surface area contributed by atoms with Crippen LogP contribution in [0.15, 0.2) is 24.5 Å². The molecule has 6 nitrogen and oxygen atoms in total. The van der Waals surface area contributed by atoms with Gasteiger partial charge in [0, 0.05) is 18.4 Å². The van der Waals surface area contributed by atoms with Crippen LogP contribution in [0.3, 0.4) is 0 Å². The van der Waals surface area contributed by atoms with Gasteiger partial charge in [-0.3, -0.25) is 4.79 Å². The molecule has 0 radical (unpaired) electrons. The van der Waals surface area contributed by atoms with E-state index in [1.54, 1.807) is 24.5 Å². The van der Waals surface area contributed by atoms with Gasteiger partial charge in [-0.05, 0) is 24.6 Å². The lowest BCUT2D eigenvalue weighted by Crippen LogP contribution is -2.25. The van der Waals surface area contributed by atoms with E-state index in [9.17, 15) is 13.2 Å². The smallest absolute Gasteiger partial charge is 0.251 e. The van der Waals surface area contributed by atoms with Crippen molar-refractivity contribution in [1.82, 2.24) is 15.3 Å². The average Bonchev–Trinajstić information content (AvgIpc) is 2.80. The second-order valence-electron chi connectivity index (χ2n) is 4.37. The zero-order valence-electron chi connectivity index (χ0n) is 10.5. The molecule has 0 saturated carbocycles. The number of hydrogen-bond donors (Lipinski definition) is 2. The van der Waals surface area contributed by atoms with Crippen molar-refractivity contribution in [3.63, 3.8) is 0 Å². The van der Waals surface area contributed by atoms with Crippen molar-refractivity contribution in [1.29, 1.82) is 0 Å². The highest BCUT2D eigenvalue weighted by molar-refractivity contribution is 7.90. The van der Waals surface area contributed by atoms with E-state index in [4.69, 9.17) is 0 Å². The van der Waals surface area contributed by atoms with E-state index in [2.05, 4.69) is 15.3 Å². The van der Waals surface area contributed by atoms with Crippen LogP contribution >= 0.6 is 0 Å². The first-order valence-corrected chi connectivity index (χ1v) is 7.91. The highest BCUT2D eigenvalue weighted by Gasteiger charge is 2.07. The maximum Gasteiger partial charge on any atom is 0.251 e. The molecule has 2 N–H and O–H groups in total. The van der Waals surface area contributed by atoms with Crippen molar-refractivity contribution in [2.24, 2.45) is 0 Å². The van der Waals surface area contributed by atoms with E-state index in [1.165, 1.54) is 6.26 Å². The van der Waals surface area contributed by atoms with Crippen molar-refractivity contribution in [2.75, 3.05) is 18.6 Å². The summed E-state index contributed by atoms with van der Waals surface area (Å²) in [6, 6.07) is 5.17. The van der Waals surface area contributed by atoms with E-state index in [0.29, 0.717) is 18.5 Å². The molecule has 0 spiro atoms. The molecule has 0 saturated heterocycles. The Morgan fingerprint density at radius 3 is 2.95 bits per heavy atom. The minimum atomic E-state index is -2.97. The number of amides is 1. The van der Waals surface area contributed by atoms with Crippen LogP contribution in [0, 0.1) is 0 Å². The quantitative estimate of drug-likeness (QED) is 0.790. The van der Waals surface area contributed by atoms with Crippen LogP contribution in [0.4, 0.5) is 0 Å². The molecule has 0 aliphatic rings. The van der Waals surface area contributed by atoms with Gasteiger partial charge in [0.2, 0.25) is 0 Å². The van der Waals surface area contributed by atoms with E-state index >= 15 is 0 Å². The average molecular weight is 281 g/mol. The summed E-state index contributed by atoms with van der Waals surface area (Å²) in [5.74, 6) is -0.141. The number of sulfone groups is 1. The molecule has 0 aliphatic heterocycles. The van der Waals surface area contributed by atoms with Crippen molar-refractivity contribution in [3.8, 4) is 0 Å². The Balaban J connectivity index is 1.92. The molecule has 1 heterocycles. The van der Waals surface area contributed by atoms with Crippen LogP contribution in [-0.4, -0.2) is 42.8 Å². The summed E-state index contributed by atoms with van der Waals surface area (Å²) < 4.78 is 21.9. The van der Waals surface area contributed by atoms with Gasteiger partial charge in [-0.25, -0.2) is 13.4 Å². The largest absolute Gasteiger partial charge is 0.352 e. The third kappa shape index (κ3) is 3.78. The molecule has 1 aromatic carbocycles. The highest BCUT2D eigenvalue weighted by Crippen LogP contribution is 2.11. The second kappa shape index (κ2) is 5.40. The summed E-state index contributed by atoms with van der Waals surface area (Å²) in [7, 11) is -2.97. The minimum Gasteiger partial charge on any atom is -0.352 e. The second-order valence-corrected chi connectivity index (χ2v) is 6.63. The van der Waals surface area contributed by atoms with Gasteiger partial charge >= 0.3 is 0 Å². The Morgan fingerprint density at radius 1 is 1.42 bits per heavy atom. The molecule has 0 aliphatic carbocycles. The Bertz CT molecular complexity index is 691.